The van der Waals surface area contributed by atoms with Gasteiger partial charge in [0.05, 0.1) is 29.1 Å². The predicted molar refractivity (Wildman–Crippen MR) is 135 cm³/mol. The Balaban J connectivity index is 0.00000228. The van der Waals surface area contributed by atoms with Gasteiger partial charge in [0.2, 0.25) is 5.91 Å². The number of carbonyl (C=O) groups is 1. The summed E-state index contributed by atoms with van der Waals surface area (Å²) in [5, 5.41) is 8.25. The molecule has 35 heavy (non-hydrogen) atoms. The third-order valence-electron chi connectivity index (χ3n) is 5.13. The Bertz CT molecular complexity index is 1410. The van der Waals surface area contributed by atoms with Crippen LogP contribution in [-0.2, 0) is 26.3 Å². The summed E-state index contributed by atoms with van der Waals surface area (Å²) in [7, 11) is -4.01. The van der Waals surface area contributed by atoms with Gasteiger partial charge in [-0.3, -0.25) is 9.35 Å². The molecule has 1 amide bonds. The average Bonchev–Trinajstić information content (AvgIpc) is 2.77. The molecule has 1 aromatic heterocycles. The number of benzene rings is 3. The number of fused-ring (bicyclic) bond motifs is 2. The minimum Gasteiger partial charge on any atom is -1.00 e. The van der Waals surface area contributed by atoms with Crippen molar-refractivity contribution in [2.45, 2.75) is 20.0 Å². The summed E-state index contributed by atoms with van der Waals surface area (Å²) in [5.41, 5.74) is 4.79. The van der Waals surface area contributed by atoms with Crippen molar-refractivity contribution in [1.82, 2.24) is 4.98 Å². The predicted octanol–water partition coefficient (Wildman–Crippen LogP) is 2.00. The van der Waals surface area contributed by atoms with Crippen molar-refractivity contribution in [2.24, 2.45) is 0 Å². The summed E-state index contributed by atoms with van der Waals surface area (Å²) in [6.07, 6.45) is 0.185. The Labute approximate surface area is 227 Å². The van der Waals surface area contributed by atoms with Gasteiger partial charge in [-0.05, 0) is 42.3 Å². The molecule has 4 rings (SSSR count). The number of ether oxygens (including phenoxy) is 1. The third-order valence-corrected chi connectivity index (χ3v) is 5.93. The second-order valence-corrected chi connectivity index (χ2v) is 9.51. The van der Waals surface area contributed by atoms with Gasteiger partial charge in [-0.2, -0.15) is 8.42 Å². The zero-order valence-corrected chi connectivity index (χ0v) is 22.4. The van der Waals surface area contributed by atoms with Crippen LogP contribution in [0.2, 0.25) is 0 Å². The van der Waals surface area contributed by atoms with Gasteiger partial charge >= 0.3 is 29.6 Å². The van der Waals surface area contributed by atoms with Crippen LogP contribution in [0.4, 0.5) is 17.1 Å². The molecule has 3 N–H and O–H groups in total. The van der Waals surface area contributed by atoms with E-state index < -0.39 is 10.1 Å². The molecule has 0 fully saturated rings. The van der Waals surface area contributed by atoms with Crippen molar-refractivity contribution in [3.05, 3.63) is 72.3 Å². The van der Waals surface area contributed by atoms with Crippen LogP contribution in [0.15, 0.2) is 66.7 Å². The first-order valence-corrected chi connectivity index (χ1v) is 12.4. The number of para-hydroxylation sites is 2. The van der Waals surface area contributed by atoms with Gasteiger partial charge in [0.15, 0.2) is 0 Å². The summed E-state index contributed by atoms with van der Waals surface area (Å²) in [5.74, 6) is -0.550. The molecule has 3 aromatic carbocycles. The van der Waals surface area contributed by atoms with E-state index in [0.29, 0.717) is 5.69 Å². The molecule has 0 saturated carbocycles. The Morgan fingerprint density at radius 3 is 2.20 bits per heavy atom. The number of aromatic nitrogens is 1. The molecular weight excluding hydrogens is 477 g/mol. The van der Waals surface area contributed by atoms with E-state index in [-0.39, 0.29) is 62.3 Å². The van der Waals surface area contributed by atoms with Gasteiger partial charge in [0.25, 0.3) is 10.1 Å². The van der Waals surface area contributed by atoms with E-state index in [0.717, 1.165) is 38.7 Å². The number of hydrogen-bond donors (Lipinski definition) is 3. The van der Waals surface area contributed by atoms with Crippen LogP contribution in [0.25, 0.3) is 21.8 Å². The number of rotatable bonds is 9. The summed E-state index contributed by atoms with van der Waals surface area (Å²) in [4.78, 5) is 16.4. The van der Waals surface area contributed by atoms with E-state index in [9.17, 15) is 13.2 Å². The van der Waals surface area contributed by atoms with Gasteiger partial charge in [-0.15, -0.1) is 0 Å². The first-order chi connectivity index (χ1) is 16.3. The summed E-state index contributed by atoms with van der Waals surface area (Å²) >= 11 is 0. The van der Waals surface area contributed by atoms with Crippen LogP contribution < -0.4 is 40.2 Å². The van der Waals surface area contributed by atoms with Crippen LogP contribution in [0.5, 0.6) is 0 Å². The number of hydrogen-bond acceptors (Lipinski definition) is 6. The summed E-state index contributed by atoms with van der Waals surface area (Å²) in [6, 6.07) is 21.3. The molecular formula is C25H26N3NaO5S. The van der Waals surface area contributed by atoms with E-state index in [2.05, 4.69) is 10.6 Å². The van der Waals surface area contributed by atoms with Crippen molar-refractivity contribution in [2.75, 3.05) is 23.0 Å². The molecule has 0 aliphatic heterocycles. The molecule has 1 heterocycles. The molecule has 0 bridgehead atoms. The molecule has 178 valence electrons. The first-order valence-electron chi connectivity index (χ1n) is 10.8. The van der Waals surface area contributed by atoms with Crippen molar-refractivity contribution in [3.8, 4) is 0 Å². The fourth-order valence-corrected chi connectivity index (χ4v) is 4.26. The van der Waals surface area contributed by atoms with E-state index in [1.54, 1.807) is 6.07 Å². The molecule has 10 heteroatoms. The third kappa shape index (κ3) is 7.47. The van der Waals surface area contributed by atoms with Gasteiger partial charge in [-0.25, -0.2) is 4.98 Å². The molecule has 0 saturated heterocycles. The second-order valence-electron chi connectivity index (χ2n) is 7.94. The topological polar surface area (TPSA) is 118 Å². The van der Waals surface area contributed by atoms with Crippen LogP contribution in [-0.4, -0.2) is 36.2 Å². The largest absolute Gasteiger partial charge is 1.00 e. The van der Waals surface area contributed by atoms with E-state index >= 15 is 0 Å². The maximum absolute atomic E-state index is 11.7. The standard InChI is InChI=1S/C25H25N3O5S.Na.H/c1-17(29)26-19-13-18(16-33-11-6-12-34(30,31)32)14-20(15-19)27-25-21-7-2-4-9-23(21)28-24-10-5-3-8-22(24)25;;/h2-5,7-10,13-15H,6,11-12,16H2,1H3,(H,26,29)(H,27,28)(H,30,31,32);;/q;+1;-1. The maximum Gasteiger partial charge on any atom is 1.00 e. The fourth-order valence-electron chi connectivity index (χ4n) is 3.78. The summed E-state index contributed by atoms with van der Waals surface area (Å²) < 4.78 is 36.2. The van der Waals surface area contributed by atoms with Gasteiger partial charge < -0.3 is 16.8 Å². The van der Waals surface area contributed by atoms with E-state index in [4.69, 9.17) is 14.3 Å². The van der Waals surface area contributed by atoms with Crippen LogP contribution in [0.1, 0.15) is 20.3 Å². The maximum atomic E-state index is 11.7. The van der Waals surface area contributed by atoms with Crippen LogP contribution in [0, 0.1) is 0 Å². The normalized spacial score (nSPS) is 11.3. The number of nitrogens with zero attached hydrogens (tertiary/aromatic N) is 1. The number of carbonyl (C=O) groups excluding carboxylic acids is 1. The molecule has 0 radical (unpaired) electrons. The molecule has 0 spiro atoms. The number of nitrogens with one attached hydrogen (secondary N) is 2. The smallest absolute Gasteiger partial charge is 1.00 e. The van der Waals surface area contributed by atoms with Crippen LogP contribution in [0.3, 0.4) is 0 Å². The monoisotopic (exact) mass is 503 g/mol. The Kier molecular flexibility index (Phi) is 9.23. The van der Waals surface area contributed by atoms with Gasteiger partial charge in [-0.1, -0.05) is 36.4 Å². The number of pyridine rings is 1. The SMILES string of the molecule is CC(=O)Nc1cc(COCCCS(=O)(=O)O)cc(Nc2c3ccccc3nc3ccccc23)c1.[H-].[Na+]. The molecule has 0 aliphatic rings. The van der Waals surface area contributed by atoms with Crippen LogP contribution >= 0.6 is 0 Å². The first kappa shape index (κ1) is 27.1. The molecule has 0 unspecified atom stereocenters. The average molecular weight is 504 g/mol. The molecule has 4 aromatic rings. The zero-order valence-electron chi connectivity index (χ0n) is 20.6. The molecule has 0 atom stereocenters. The minimum atomic E-state index is -4.01. The van der Waals surface area contributed by atoms with Gasteiger partial charge in [0, 0.05) is 35.7 Å². The quantitative estimate of drug-likeness (QED) is 0.138. The van der Waals surface area contributed by atoms with Crippen molar-refractivity contribution in [1.29, 1.82) is 0 Å². The Hall–Kier alpha value is -2.53. The number of amides is 1. The minimum absolute atomic E-state index is 0. The fraction of sp³-hybridized carbons (Fsp3) is 0.200. The van der Waals surface area contributed by atoms with Gasteiger partial charge in [0.1, 0.15) is 0 Å². The zero-order chi connectivity index (χ0) is 24.1. The number of anilines is 3. The molecule has 0 aliphatic carbocycles. The van der Waals surface area contributed by atoms with Crippen molar-refractivity contribution in [3.63, 3.8) is 0 Å². The van der Waals surface area contributed by atoms with E-state index in [1.165, 1.54) is 6.92 Å². The molecule has 8 nitrogen and oxygen atoms in total. The second kappa shape index (κ2) is 11.9. The summed E-state index contributed by atoms with van der Waals surface area (Å²) in [6.45, 7) is 1.83. The Morgan fingerprint density at radius 1 is 1.00 bits per heavy atom. The van der Waals surface area contributed by atoms with E-state index in [1.807, 2.05) is 60.7 Å². The van der Waals surface area contributed by atoms with Crippen molar-refractivity contribution < 1.29 is 53.5 Å². The Morgan fingerprint density at radius 2 is 1.60 bits per heavy atom. The van der Waals surface area contributed by atoms with Crippen molar-refractivity contribution >= 4 is 54.9 Å².